The maximum Gasteiger partial charge on any atom is 0.253 e. The molecule has 1 aromatic heterocycles. The number of thiazole rings is 1. The molecule has 0 atom stereocenters. The lowest BCUT2D eigenvalue weighted by Crippen LogP contribution is -2.23. The summed E-state index contributed by atoms with van der Waals surface area (Å²) in [5.74, 6) is 0.381. The van der Waals surface area contributed by atoms with Gasteiger partial charge in [0.15, 0.2) is 0 Å². The number of methoxy groups -OCH3 is 1. The number of carbonyl (C=O) groups excluding carboxylic acids is 1. The number of benzene rings is 1. The van der Waals surface area contributed by atoms with Crippen molar-refractivity contribution < 1.29 is 9.53 Å². The zero-order valence-corrected chi connectivity index (χ0v) is 10.7. The van der Waals surface area contributed by atoms with Crippen molar-refractivity contribution in [1.82, 2.24) is 10.3 Å². The Hall–Kier alpha value is -2.08. The summed E-state index contributed by atoms with van der Waals surface area (Å²) in [5, 5.41) is 2.79. The van der Waals surface area contributed by atoms with Crippen molar-refractivity contribution in [1.29, 1.82) is 0 Å². The van der Waals surface area contributed by atoms with Crippen LogP contribution in [0.1, 0.15) is 15.2 Å². The van der Waals surface area contributed by atoms with E-state index in [-0.39, 0.29) is 5.91 Å². The number of hydrogen-bond acceptors (Lipinski definition) is 5. The third-order valence-electron chi connectivity index (χ3n) is 2.41. The molecule has 0 saturated carbocycles. The minimum absolute atomic E-state index is 0.222. The molecule has 0 aliphatic heterocycles. The Morgan fingerprint density at radius 2 is 2.39 bits per heavy atom. The smallest absolute Gasteiger partial charge is 0.253 e. The number of rotatable bonds is 4. The molecule has 0 unspecified atom stereocenters. The Balaban J connectivity index is 2.08. The van der Waals surface area contributed by atoms with Gasteiger partial charge in [0.2, 0.25) is 0 Å². The molecule has 2 aromatic rings. The van der Waals surface area contributed by atoms with Gasteiger partial charge in [-0.3, -0.25) is 9.78 Å². The lowest BCUT2D eigenvalue weighted by atomic mass is 10.1. The molecule has 1 amide bonds. The van der Waals surface area contributed by atoms with Gasteiger partial charge in [-0.25, -0.2) is 0 Å². The highest BCUT2D eigenvalue weighted by Crippen LogP contribution is 2.19. The van der Waals surface area contributed by atoms with E-state index < -0.39 is 0 Å². The number of carbonyl (C=O) groups is 1. The van der Waals surface area contributed by atoms with Crippen LogP contribution in [0.25, 0.3) is 0 Å². The standard InChI is InChI=1S/C12H13N3O2S/c1-17-8-2-3-11(13)10(4-8)12(16)15-6-9-5-14-7-18-9/h2-5,7H,6,13H2,1H3,(H,15,16). The molecule has 3 N–H and O–H groups in total. The largest absolute Gasteiger partial charge is 0.497 e. The number of ether oxygens (including phenoxy) is 1. The molecule has 0 aliphatic rings. The molecule has 5 nitrogen and oxygen atoms in total. The minimum Gasteiger partial charge on any atom is -0.497 e. The van der Waals surface area contributed by atoms with E-state index in [1.807, 2.05) is 0 Å². The zero-order chi connectivity index (χ0) is 13.0. The highest BCUT2D eigenvalue weighted by molar-refractivity contribution is 7.09. The number of amides is 1. The van der Waals surface area contributed by atoms with Gasteiger partial charge in [0.25, 0.3) is 5.91 Å². The zero-order valence-electron chi connectivity index (χ0n) is 9.84. The van der Waals surface area contributed by atoms with Crippen molar-refractivity contribution in [3.8, 4) is 5.75 Å². The third kappa shape index (κ3) is 2.78. The molecular formula is C12H13N3O2S. The van der Waals surface area contributed by atoms with Gasteiger partial charge >= 0.3 is 0 Å². The van der Waals surface area contributed by atoms with Crippen molar-refractivity contribution in [2.45, 2.75) is 6.54 Å². The SMILES string of the molecule is COc1ccc(N)c(C(=O)NCc2cncs2)c1. The molecule has 0 saturated heterocycles. The van der Waals surface area contributed by atoms with Crippen LogP contribution in [0.4, 0.5) is 5.69 Å². The van der Waals surface area contributed by atoms with E-state index >= 15 is 0 Å². The fourth-order valence-corrected chi connectivity index (χ4v) is 1.99. The molecule has 0 bridgehead atoms. The van der Waals surface area contributed by atoms with Crippen LogP contribution in [0.2, 0.25) is 0 Å². The Kier molecular flexibility index (Phi) is 3.78. The molecule has 0 fully saturated rings. The van der Waals surface area contributed by atoms with E-state index in [0.29, 0.717) is 23.5 Å². The first kappa shape index (κ1) is 12.4. The maximum atomic E-state index is 12.0. The summed E-state index contributed by atoms with van der Waals surface area (Å²) >= 11 is 1.49. The average Bonchev–Trinajstić information content (AvgIpc) is 2.89. The van der Waals surface area contributed by atoms with Gasteiger partial charge in [-0.05, 0) is 18.2 Å². The second-order valence-corrected chi connectivity index (χ2v) is 4.57. The topological polar surface area (TPSA) is 77.2 Å². The number of aromatic nitrogens is 1. The molecule has 94 valence electrons. The van der Waals surface area contributed by atoms with Gasteiger partial charge in [-0.15, -0.1) is 11.3 Å². The first-order chi connectivity index (χ1) is 8.70. The second-order valence-electron chi connectivity index (χ2n) is 3.60. The molecule has 0 spiro atoms. The van der Waals surface area contributed by atoms with E-state index in [2.05, 4.69) is 10.3 Å². The van der Waals surface area contributed by atoms with Crippen molar-refractivity contribution in [2.24, 2.45) is 0 Å². The quantitative estimate of drug-likeness (QED) is 0.822. The van der Waals surface area contributed by atoms with Gasteiger partial charge in [0.05, 0.1) is 24.7 Å². The van der Waals surface area contributed by atoms with Crippen LogP contribution in [0.15, 0.2) is 29.9 Å². The fourth-order valence-electron chi connectivity index (χ4n) is 1.45. The second kappa shape index (κ2) is 5.50. The normalized spacial score (nSPS) is 10.1. The molecule has 0 aliphatic carbocycles. The van der Waals surface area contributed by atoms with Crippen LogP contribution in [-0.2, 0) is 6.54 Å². The summed E-state index contributed by atoms with van der Waals surface area (Å²) in [4.78, 5) is 16.9. The first-order valence-corrected chi connectivity index (χ1v) is 6.17. The predicted octanol–water partition coefficient (Wildman–Crippen LogP) is 1.66. The Morgan fingerprint density at radius 1 is 1.56 bits per heavy atom. The Morgan fingerprint density at radius 3 is 3.06 bits per heavy atom. The summed E-state index contributed by atoms with van der Waals surface area (Å²) in [6, 6.07) is 4.99. The summed E-state index contributed by atoms with van der Waals surface area (Å²) in [6.45, 7) is 0.445. The number of nitrogens with zero attached hydrogens (tertiary/aromatic N) is 1. The van der Waals surface area contributed by atoms with E-state index in [0.717, 1.165) is 4.88 Å². The van der Waals surface area contributed by atoms with E-state index in [1.54, 1.807) is 37.0 Å². The predicted molar refractivity (Wildman–Crippen MR) is 70.7 cm³/mol. The van der Waals surface area contributed by atoms with Gasteiger partial charge in [0.1, 0.15) is 5.75 Å². The van der Waals surface area contributed by atoms with E-state index in [4.69, 9.17) is 10.5 Å². The van der Waals surface area contributed by atoms with Gasteiger partial charge in [-0.2, -0.15) is 0 Å². The van der Waals surface area contributed by atoms with Crippen molar-refractivity contribution in [2.75, 3.05) is 12.8 Å². The van der Waals surface area contributed by atoms with E-state index in [9.17, 15) is 4.79 Å². The molecule has 2 rings (SSSR count). The summed E-state index contributed by atoms with van der Waals surface area (Å²) in [5.41, 5.74) is 8.34. The lowest BCUT2D eigenvalue weighted by Gasteiger charge is -2.08. The van der Waals surface area contributed by atoms with Gasteiger partial charge < -0.3 is 15.8 Å². The van der Waals surface area contributed by atoms with Crippen LogP contribution >= 0.6 is 11.3 Å². The maximum absolute atomic E-state index is 12.0. The Bertz CT molecular complexity index is 540. The van der Waals surface area contributed by atoms with E-state index in [1.165, 1.54) is 11.3 Å². The van der Waals surface area contributed by atoms with Crippen LogP contribution in [0, 0.1) is 0 Å². The lowest BCUT2D eigenvalue weighted by molar-refractivity contribution is 0.0952. The molecule has 6 heteroatoms. The number of nitrogens with one attached hydrogen (secondary N) is 1. The third-order valence-corrected chi connectivity index (χ3v) is 3.19. The Labute approximate surface area is 109 Å². The summed E-state index contributed by atoms with van der Waals surface area (Å²) in [7, 11) is 1.55. The molecule has 1 heterocycles. The minimum atomic E-state index is -0.222. The van der Waals surface area contributed by atoms with Crippen LogP contribution in [0.3, 0.4) is 0 Å². The van der Waals surface area contributed by atoms with Crippen molar-refractivity contribution >= 4 is 22.9 Å². The monoisotopic (exact) mass is 263 g/mol. The summed E-state index contributed by atoms with van der Waals surface area (Å²) < 4.78 is 5.07. The molecular weight excluding hydrogens is 250 g/mol. The van der Waals surface area contributed by atoms with Crippen molar-refractivity contribution in [3.05, 3.63) is 40.3 Å². The highest BCUT2D eigenvalue weighted by Gasteiger charge is 2.10. The molecule has 0 radical (unpaired) electrons. The number of hydrogen-bond donors (Lipinski definition) is 2. The van der Waals surface area contributed by atoms with Crippen LogP contribution in [-0.4, -0.2) is 18.0 Å². The number of nitrogen functional groups attached to an aromatic ring is 1. The van der Waals surface area contributed by atoms with Crippen LogP contribution in [0.5, 0.6) is 5.75 Å². The summed E-state index contributed by atoms with van der Waals surface area (Å²) in [6.07, 6.45) is 1.72. The van der Waals surface area contributed by atoms with Crippen molar-refractivity contribution in [3.63, 3.8) is 0 Å². The first-order valence-electron chi connectivity index (χ1n) is 5.30. The van der Waals surface area contributed by atoms with Gasteiger partial charge in [0, 0.05) is 16.8 Å². The average molecular weight is 263 g/mol. The molecule has 18 heavy (non-hydrogen) atoms. The number of anilines is 1. The number of nitrogens with two attached hydrogens (primary N) is 1. The fraction of sp³-hybridized carbons (Fsp3) is 0.167. The van der Waals surface area contributed by atoms with Gasteiger partial charge in [-0.1, -0.05) is 0 Å². The van der Waals surface area contributed by atoms with Crippen LogP contribution < -0.4 is 15.8 Å². The molecule has 1 aromatic carbocycles. The highest BCUT2D eigenvalue weighted by atomic mass is 32.1.